The maximum atomic E-state index is 9.19. The summed E-state index contributed by atoms with van der Waals surface area (Å²) in [4.78, 5) is 4.18. The van der Waals surface area contributed by atoms with E-state index in [-0.39, 0.29) is 13.2 Å². The second kappa shape index (κ2) is 5.59. The minimum atomic E-state index is -0.166. The monoisotopic (exact) mass is 249 g/mol. The van der Waals surface area contributed by atoms with Crippen LogP contribution in [0.2, 0.25) is 0 Å². The summed E-state index contributed by atoms with van der Waals surface area (Å²) in [5.41, 5.74) is 1.34. The molecule has 2 rings (SSSR count). The number of hydrogen-bond donors (Lipinski definition) is 1. The number of nitrogens with zero attached hydrogens (tertiary/aromatic N) is 3. The highest BCUT2D eigenvalue weighted by molar-refractivity contribution is 5.28. The first-order chi connectivity index (χ1) is 8.72. The Morgan fingerprint density at radius 2 is 2.06 bits per heavy atom. The fraction of sp³-hybridized carbons (Fsp3) is 0.417. The first-order valence-corrected chi connectivity index (χ1v) is 5.74. The summed E-state index contributed by atoms with van der Waals surface area (Å²) in [5.74, 6) is 1.52. The van der Waals surface area contributed by atoms with Gasteiger partial charge in [0.2, 0.25) is 5.89 Å². The molecule has 2 heterocycles. The van der Waals surface area contributed by atoms with Crippen LogP contribution in [-0.4, -0.2) is 20.3 Å². The first-order valence-electron chi connectivity index (χ1n) is 5.74. The third kappa shape index (κ3) is 2.84. The lowest BCUT2D eigenvalue weighted by Crippen LogP contribution is -2.01. The molecule has 96 valence electrons. The quantitative estimate of drug-likeness (QED) is 0.862. The van der Waals surface area contributed by atoms with E-state index in [0.717, 1.165) is 5.69 Å². The summed E-state index contributed by atoms with van der Waals surface area (Å²) in [6, 6.07) is 3.59. The van der Waals surface area contributed by atoms with Crippen molar-refractivity contribution in [1.29, 1.82) is 0 Å². The van der Waals surface area contributed by atoms with Gasteiger partial charge in [0.15, 0.2) is 6.61 Å². The third-order valence-electron chi connectivity index (χ3n) is 2.38. The van der Waals surface area contributed by atoms with Crippen molar-refractivity contribution in [1.82, 2.24) is 15.2 Å². The smallest absolute Gasteiger partial charge is 0.253 e. The minimum Gasteiger partial charge on any atom is -0.482 e. The number of aliphatic hydroxyl groups excluding tert-OH is 1. The van der Waals surface area contributed by atoms with Crippen LogP contribution in [0.15, 0.2) is 16.5 Å². The molecule has 18 heavy (non-hydrogen) atoms. The van der Waals surface area contributed by atoms with E-state index in [1.165, 1.54) is 0 Å². The van der Waals surface area contributed by atoms with E-state index in [1.54, 1.807) is 6.07 Å². The van der Waals surface area contributed by atoms with Crippen LogP contribution in [0, 0.1) is 6.92 Å². The number of hydrogen-bond acceptors (Lipinski definition) is 6. The van der Waals surface area contributed by atoms with E-state index >= 15 is 0 Å². The second-order valence-electron chi connectivity index (χ2n) is 3.79. The molecule has 0 bridgehead atoms. The molecule has 0 aliphatic heterocycles. The summed E-state index contributed by atoms with van der Waals surface area (Å²) in [7, 11) is 0. The number of ether oxygens (including phenoxy) is 1. The molecule has 0 amide bonds. The van der Waals surface area contributed by atoms with Gasteiger partial charge in [-0.2, -0.15) is 0 Å². The molecule has 0 saturated heterocycles. The lowest BCUT2D eigenvalue weighted by molar-refractivity contribution is 0.235. The van der Waals surface area contributed by atoms with Gasteiger partial charge in [0.05, 0.1) is 6.61 Å². The van der Waals surface area contributed by atoms with Crippen LogP contribution in [0.25, 0.3) is 0 Å². The summed E-state index contributed by atoms with van der Waals surface area (Å²) >= 11 is 0. The summed E-state index contributed by atoms with van der Waals surface area (Å²) in [6.07, 6.45) is 0.695. The lowest BCUT2D eigenvalue weighted by Gasteiger charge is -2.07. The summed E-state index contributed by atoms with van der Waals surface area (Å²) in [6.45, 7) is 3.80. The molecule has 0 aliphatic carbocycles. The molecule has 0 aliphatic rings. The van der Waals surface area contributed by atoms with Crippen molar-refractivity contribution in [2.24, 2.45) is 0 Å². The summed E-state index contributed by atoms with van der Waals surface area (Å²) < 4.78 is 10.8. The van der Waals surface area contributed by atoms with Gasteiger partial charge in [0, 0.05) is 12.1 Å². The van der Waals surface area contributed by atoms with Crippen LogP contribution >= 0.6 is 0 Å². The molecule has 6 nitrogen and oxygen atoms in total. The Hall–Kier alpha value is -1.95. The van der Waals surface area contributed by atoms with Gasteiger partial charge in [-0.15, -0.1) is 10.2 Å². The average Bonchev–Trinajstić information content (AvgIpc) is 2.85. The van der Waals surface area contributed by atoms with Crippen LogP contribution in [0.4, 0.5) is 0 Å². The SMILES string of the molecule is CCc1nnc(COc2ccc(C)nc2CO)o1. The highest BCUT2D eigenvalue weighted by Gasteiger charge is 2.08. The number of rotatable bonds is 5. The summed E-state index contributed by atoms with van der Waals surface area (Å²) in [5, 5.41) is 16.9. The Bertz CT molecular complexity index is 525. The van der Waals surface area contributed by atoms with Crippen molar-refractivity contribution >= 4 is 0 Å². The van der Waals surface area contributed by atoms with Gasteiger partial charge in [0.25, 0.3) is 5.89 Å². The maximum Gasteiger partial charge on any atom is 0.253 e. The van der Waals surface area contributed by atoms with Gasteiger partial charge in [-0.05, 0) is 19.1 Å². The zero-order chi connectivity index (χ0) is 13.0. The molecule has 2 aromatic rings. The van der Waals surface area contributed by atoms with E-state index < -0.39 is 0 Å². The zero-order valence-electron chi connectivity index (χ0n) is 10.4. The molecule has 2 aromatic heterocycles. The van der Waals surface area contributed by atoms with E-state index in [4.69, 9.17) is 9.15 Å². The highest BCUT2D eigenvalue weighted by Crippen LogP contribution is 2.18. The Kier molecular flexibility index (Phi) is 3.88. The Labute approximate surface area is 105 Å². The van der Waals surface area contributed by atoms with Crippen molar-refractivity contribution in [2.45, 2.75) is 33.5 Å². The molecule has 0 unspecified atom stereocenters. The standard InChI is InChI=1S/C12H15N3O3/c1-3-11-14-15-12(18-11)7-17-10-5-4-8(2)13-9(10)6-16/h4-5,16H,3,6-7H2,1-2H3. The molecular formula is C12H15N3O3. The molecule has 0 spiro atoms. The maximum absolute atomic E-state index is 9.19. The Morgan fingerprint density at radius 1 is 1.28 bits per heavy atom. The van der Waals surface area contributed by atoms with Crippen molar-refractivity contribution in [3.05, 3.63) is 35.3 Å². The minimum absolute atomic E-state index is 0.166. The average molecular weight is 249 g/mol. The predicted octanol–water partition coefficient (Wildman–Crippen LogP) is 1.41. The van der Waals surface area contributed by atoms with Crippen molar-refractivity contribution in [2.75, 3.05) is 0 Å². The Morgan fingerprint density at radius 3 is 2.72 bits per heavy atom. The van der Waals surface area contributed by atoms with E-state index in [1.807, 2.05) is 19.9 Å². The number of pyridine rings is 1. The number of aryl methyl sites for hydroxylation is 2. The molecule has 0 aromatic carbocycles. The molecule has 6 heteroatoms. The van der Waals surface area contributed by atoms with Crippen LogP contribution in [0.1, 0.15) is 30.1 Å². The molecule has 1 N–H and O–H groups in total. The number of aliphatic hydroxyl groups is 1. The number of aromatic nitrogens is 3. The first kappa shape index (κ1) is 12.5. The van der Waals surface area contributed by atoms with Crippen LogP contribution in [-0.2, 0) is 19.6 Å². The normalized spacial score (nSPS) is 10.6. The van der Waals surface area contributed by atoms with E-state index in [9.17, 15) is 5.11 Å². The van der Waals surface area contributed by atoms with Crippen molar-refractivity contribution in [3.8, 4) is 5.75 Å². The molecular weight excluding hydrogens is 234 g/mol. The van der Waals surface area contributed by atoms with Crippen LogP contribution in [0.3, 0.4) is 0 Å². The fourth-order valence-electron chi connectivity index (χ4n) is 1.47. The van der Waals surface area contributed by atoms with Gasteiger partial charge in [-0.25, -0.2) is 0 Å². The van der Waals surface area contributed by atoms with Crippen LogP contribution in [0.5, 0.6) is 5.75 Å². The van der Waals surface area contributed by atoms with Gasteiger partial charge < -0.3 is 14.3 Å². The third-order valence-corrected chi connectivity index (χ3v) is 2.38. The van der Waals surface area contributed by atoms with E-state index in [0.29, 0.717) is 29.6 Å². The van der Waals surface area contributed by atoms with Gasteiger partial charge in [0.1, 0.15) is 11.4 Å². The lowest BCUT2D eigenvalue weighted by atomic mass is 10.3. The van der Waals surface area contributed by atoms with Gasteiger partial charge in [-0.1, -0.05) is 6.92 Å². The molecule has 0 atom stereocenters. The van der Waals surface area contributed by atoms with Gasteiger partial charge in [-0.3, -0.25) is 4.98 Å². The Balaban J connectivity index is 2.05. The second-order valence-corrected chi connectivity index (χ2v) is 3.79. The molecule has 0 radical (unpaired) electrons. The zero-order valence-corrected chi connectivity index (χ0v) is 10.4. The highest BCUT2D eigenvalue weighted by atomic mass is 16.5. The van der Waals surface area contributed by atoms with Gasteiger partial charge >= 0.3 is 0 Å². The van der Waals surface area contributed by atoms with Crippen molar-refractivity contribution < 1.29 is 14.3 Å². The largest absolute Gasteiger partial charge is 0.482 e. The van der Waals surface area contributed by atoms with Crippen LogP contribution < -0.4 is 4.74 Å². The fourth-order valence-corrected chi connectivity index (χ4v) is 1.47. The predicted molar refractivity (Wildman–Crippen MR) is 62.9 cm³/mol. The van der Waals surface area contributed by atoms with E-state index in [2.05, 4.69) is 15.2 Å². The molecule has 0 saturated carbocycles. The van der Waals surface area contributed by atoms with Crippen molar-refractivity contribution in [3.63, 3.8) is 0 Å². The topological polar surface area (TPSA) is 81.3 Å². The molecule has 0 fully saturated rings.